The summed E-state index contributed by atoms with van der Waals surface area (Å²) in [5, 5.41) is 1.14. The lowest BCUT2D eigenvalue weighted by molar-refractivity contribution is 0.413. The van der Waals surface area contributed by atoms with E-state index in [-0.39, 0.29) is 0 Å². The van der Waals surface area contributed by atoms with Crippen molar-refractivity contribution in [2.24, 2.45) is 0 Å². The van der Waals surface area contributed by atoms with Gasteiger partial charge in [-0.1, -0.05) is 19.1 Å². The third-order valence-corrected chi connectivity index (χ3v) is 3.43. The maximum Gasteiger partial charge on any atom is 0.0951 e. The van der Waals surface area contributed by atoms with Crippen molar-refractivity contribution in [1.29, 1.82) is 0 Å². The summed E-state index contributed by atoms with van der Waals surface area (Å²) in [7, 11) is 4.21. The molecule has 0 aliphatic heterocycles. The normalized spacial score (nSPS) is 11.2. The van der Waals surface area contributed by atoms with E-state index in [1.54, 1.807) is 0 Å². The molecule has 0 saturated carbocycles. The highest BCUT2D eigenvalue weighted by Gasteiger charge is 2.11. The molecule has 0 amide bonds. The predicted octanol–water partition coefficient (Wildman–Crippen LogP) is 2.59. The number of benzene rings is 1. The molecule has 2 rings (SSSR count). The van der Waals surface area contributed by atoms with Crippen LogP contribution in [0.5, 0.6) is 0 Å². The van der Waals surface area contributed by atoms with Crippen LogP contribution in [0, 0.1) is 0 Å². The maximum atomic E-state index is 6.03. The van der Waals surface area contributed by atoms with Crippen molar-refractivity contribution in [2.45, 2.75) is 13.3 Å². The third-order valence-electron chi connectivity index (χ3n) is 3.43. The van der Waals surface area contributed by atoms with Crippen molar-refractivity contribution in [3.63, 3.8) is 0 Å². The van der Waals surface area contributed by atoms with Crippen LogP contribution in [0.1, 0.15) is 13.3 Å². The van der Waals surface area contributed by atoms with Crippen LogP contribution in [0.2, 0.25) is 0 Å². The first-order valence-corrected chi connectivity index (χ1v) is 7.16. The van der Waals surface area contributed by atoms with Crippen LogP contribution in [0.3, 0.4) is 0 Å². The van der Waals surface area contributed by atoms with E-state index in [2.05, 4.69) is 47.9 Å². The number of rotatable bonds is 6. The zero-order valence-corrected chi connectivity index (χ0v) is 12.6. The van der Waals surface area contributed by atoms with Gasteiger partial charge in [-0.15, -0.1) is 0 Å². The number of hydrogen-bond acceptors (Lipinski definition) is 4. The molecule has 20 heavy (non-hydrogen) atoms. The van der Waals surface area contributed by atoms with Crippen LogP contribution in [0.15, 0.2) is 30.5 Å². The Kier molecular flexibility index (Phi) is 4.79. The second-order valence-corrected chi connectivity index (χ2v) is 5.36. The van der Waals surface area contributed by atoms with E-state index in [0.29, 0.717) is 0 Å². The van der Waals surface area contributed by atoms with Crippen molar-refractivity contribution >= 4 is 22.3 Å². The summed E-state index contributed by atoms with van der Waals surface area (Å²) in [5.74, 6) is 0. The number of anilines is 2. The summed E-state index contributed by atoms with van der Waals surface area (Å²) in [6.07, 6.45) is 2.98. The van der Waals surface area contributed by atoms with Crippen molar-refractivity contribution in [3.05, 3.63) is 30.5 Å². The summed E-state index contributed by atoms with van der Waals surface area (Å²) in [4.78, 5) is 9.05. The van der Waals surface area contributed by atoms with E-state index in [4.69, 9.17) is 5.73 Å². The van der Waals surface area contributed by atoms with E-state index >= 15 is 0 Å². The molecule has 1 aromatic carbocycles. The highest BCUT2D eigenvalue weighted by atomic mass is 15.2. The molecule has 1 heterocycles. The van der Waals surface area contributed by atoms with Gasteiger partial charge in [0.05, 0.1) is 11.2 Å². The summed E-state index contributed by atoms with van der Waals surface area (Å²) in [6, 6.07) is 8.10. The quantitative estimate of drug-likeness (QED) is 0.821. The number of hydrogen-bond donors (Lipinski definition) is 1. The lowest BCUT2D eigenvalue weighted by atomic mass is 10.1. The number of nitrogens with zero attached hydrogens (tertiary/aromatic N) is 3. The van der Waals surface area contributed by atoms with Gasteiger partial charge in [0, 0.05) is 36.9 Å². The second kappa shape index (κ2) is 6.57. The van der Waals surface area contributed by atoms with E-state index in [0.717, 1.165) is 42.6 Å². The number of likely N-dealkylation sites (N-methyl/N-ethyl adjacent to an activating group) is 1. The first-order valence-electron chi connectivity index (χ1n) is 7.16. The fraction of sp³-hybridized carbons (Fsp3) is 0.438. The van der Waals surface area contributed by atoms with Gasteiger partial charge in [0.2, 0.25) is 0 Å². The SMILES string of the molecule is CCCN(CCN(C)C)c1ccnc2c(N)cccc12. The first-order chi connectivity index (χ1) is 9.63. The molecular formula is C16H24N4. The molecule has 108 valence electrons. The number of aromatic nitrogens is 1. The van der Waals surface area contributed by atoms with Gasteiger partial charge >= 0.3 is 0 Å². The molecule has 0 bridgehead atoms. The maximum absolute atomic E-state index is 6.03. The van der Waals surface area contributed by atoms with E-state index < -0.39 is 0 Å². The summed E-state index contributed by atoms with van der Waals surface area (Å²) in [5.41, 5.74) is 8.90. The lowest BCUT2D eigenvalue weighted by Gasteiger charge is -2.27. The Labute approximate surface area is 121 Å². The molecule has 2 N–H and O–H groups in total. The van der Waals surface area contributed by atoms with Crippen LogP contribution in [0.25, 0.3) is 10.9 Å². The van der Waals surface area contributed by atoms with Gasteiger partial charge in [-0.2, -0.15) is 0 Å². The molecule has 0 atom stereocenters. The molecular weight excluding hydrogens is 248 g/mol. The van der Waals surface area contributed by atoms with Crippen LogP contribution in [-0.2, 0) is 0 Å². The average molecular weight is 272 g/mol. The van der Waals surface area contributed by atoms with Gasteiger partial charge in [0.1, 0.15) is 0 Å². The molecule has 0 fully saturated rings. The molecule has 0 aliphatic carbocycles. The Balaban J connectivity index is 2.39. The zero-order chi connectivity index (χ0) is 14.5. The molecule has 4 heteroatoms. The topological polar surface area (TPSA) is 45.4 Å². The number of nitrogen functional groups attached to an aromatic ring is 1. The van der Waals surface area contributed by atoms with Gasteiger partial charge in [0.25, 0.3) is 0 Å². The van der Waals surface area contributed by atoms with Crippen LogP contribution in [-0.4, -0.2) is 43.6 Å². The van der Waals surface area contributed by atoms with Gasteiger partial charge in [0.15, 0.2) is 0 Å². The lowest BCUT2D eigenvalue weighted by Crippen LogP contribution is -2.32. The summed E-state index contributed by atoms with van der Waals surface area (Å²) < 4.78 is 0. The second-order valence-electron chi connectivity index (χ2n) is 5.36. The number of para-hydroxylation sites is 1. The molecule has 1 aromatic heterocycles. The number of nitrogens with two attached hydrogens (primary N) is 1. The Bertz CT molecular complexity index is 565. The van der Waals surface area contributed by atoms with Gasteiger partial charge in [-0.25, -0.2) is 0 Å². The standard InChI is InChI=1S/C16H24N4/c1-4-10-20(12-11-19(2)3)15-8-9-18-16-13(15)6-5-7-14(16)17/h5-9H,4,10-12,17H2,1-3H3. The fourth-order valence-electron chi connectivity index (χ4n) is 2.40. The molecule has 4 nitrogen and oxygen atoms in total. The molecule has 2 aromatic rings. The molecule has 0 unspecified atom stereocenters. The minimum Gasteiger partial charge on any atom is -0.397 e. The predicted molar refractivity (Wildman–Crippen MR) is 87.2 cm³/mol. The molecule has 0 radical (unpaired) electrons. The number of fused-ring (bicyclic) bond motifs is 1. The summed E-state index contributed by atoms with van der Waals surface area (Å²) >= 11 is 0. The van der Waals surface area contributed by atoms with Crippen LogP contribution >= 0.6 is 0 Å². The smallest absolute Gasteiger partial charge is 0.0951 e. The minimum absolute atomic E-state index is 0.744. The van der Waals surface area contributed by atoms with E-state index in [1.165, 1.54) is 5.69 Å². The van der Waals surface area contributed by atoms with Crippen molar-refractivity contribution in [3.8, 4) is 0 Å². The van der Waals surface area contributed by atoms with Gasteiger partial charge in [-0.3, -0.25) is 4.98 Å². The van der Waals surface area contributed by atoms with Gasteiger partial charge in [-0.05, 0) is 32.6 Å². The molecule has 0 saturated heterocycles. The van der Waals surface area contributed by atoms with Crippen molar-refractivity contribution < 1.29 is 0 Å². The summed E-state index contributed by atoms with van der Waals surface area (Å²) in [6.45, 7) is 5.29. The highest BCUT2D eigenvalue weighted by molar-refractivity contribution is 5.98. The van der Waals surface area contributed by atoms with Crippen molar-refractivity contribution in [2.75, 3.05) is 44.4 Å². The van der Waals surface area contributed by atoms with Crippen LogP contribution < -0.4 is 10.6 Å². The van der Waals surface area contributed by atoms with E-state index in [1.807, 2.05) is 18.3 Å². The Morgan fingerprint density at radius 1 is 1.10 bits per heavy atom. The van der Waals surface area contributed by atoms with Crippen LogP contribution in [0.4, 0.5) is 11.4 Å². The average Bonchev–Trinajstić information content (AvgIpc) is 2.43. The molecule has 0 aliphatic rings. The Morgan fingerprint density at radius 3 is 2.60 bits per heavy atom. The monoisotopic (exact) mass is 272 g/mol. The Hall–Kier alpha value is -1.81. The first kappa shape index (κ1) is 14.6. The largest absolute Gasteiger partial charge is 0.397 e. The Morgan fingerprint density at radius 2 is 1.90 bits per heavy atom. The fourth-order valence-corrected chi connectivity index (χ4v) is 2.40. The van der Waals surface area contributed by atoms with Gasteiger partial charge < -0.3 is 15.5 Å². The number of pyridine rings is 1. The third kappa shape index (κ3) is 3.20. The zero-order valence-electron chi connectivity index (χ0n) is 12.6. The minimum atomic E-state index is 0.744. The molecule has 0 spiro atoms. The van der Waals surface area contributed by atoms with Crippen molar-refractivity contribution in [1.82, 2.24) is 9.88 Å². The highest BCUT2D eigenvalue weighted by Crippen LogP contribution is 2.28. The van der Waals surface area contributed by atoms with E-state index in [9.17, 15) is 0 Å².